The Morgan fingerprint density at radius 3 is 2.10 bits per heavy atom. The number of amides is 3. The highest BCUT2D eigenvalue weighted by molar-refractivity contribution is 6.33. The lowest BCUT2D eigenvalue weighted by atomic mass is 10.1. The maximum absolute atomic E-state index is 12.4. The molecule has 2 aromatic carbocycles. The number of para-hydroxylation sites is 2. The summed E-state index contributed by atoms with van der Waals surface area (Å²) in [6.45, 7) is 0.178. The van der Waals surface area contributed by atoms with Crippen LogP contribution in [0, 0.1) is 0 Å². The summed E-state index contributed by atoms with van der Waals surface area (Å²) >= 11 is 6.04. The van der Waals surface area contributed by atoms with Gasteiger partial charge >= 0.3 is 0 Å². The molecule has 0 spiro atoms. The van der Waals surface area contributed by atoms with Crippen LogP contribution in [0.5, 0.6) is 0 Å². The van der Waals surface area contributed by atoms with Crippen LogP contribution in [0.4, 0.5) is 11.4 Å². The molecule has 0 bridgehead atoms. The van der Waals surface area contributed by atoms with E-state index < -0.39 is 0 Å². The molecular weight excluding hydrogens is 392 g/mol. The Morgan fingerprint density at radius 2 is 1.48 bits per heavy atom. The van der Waals surface area contributed by atoms with Crippen LogP contribution in [0.3, 0.4) is 0 Å². The molecule has 1 atom stereocenters. The van der Waals surface area contributed by atoms with Crippen molar-refractivity contribution >= 4 is 40.7 Å². The van der Waals surface area contributed by atoms with Gasteiger partial charge in [-0.15, -0.1) is 0 Å². The molecule has 3 rings (SSSR count). The van der Waals surface area contributed by atoms with E-state index in [-0.39, 0.29) is 36.9 Å². The van der Waals surface area contributed by atoms with Gasteiger partial charge in [0.15, 0.2) is 13.1 Å². The number of quaternary nitrogens is 1. The molecule has 29 heavy (non-hydrogen) atoms. The zero-order valence-corrected chi connectivity index (χ0v) is 16.9. The molecular formula is C21H24ClN4O3+. The molecule has 0 heterocycles. The minimum atomic E-state index is -0.278. The van der Waals surface area contributed by atoms with Crippen LogP contribution < -0.4 is 20.9 Å². The normalized spacial score (nSPS) is 14.0. The van der Waals surface area contributed by atoms with Crippen LogP contribution in [0.25, 0.3) is 0 Å². The fourth-order valence-corrected chi connectivity index (χ4v) is 3.03. The van der Waals surface area contributed by atoms with Gasteiger partial charge in [-0.3, -0.25) is 14.4 Å². The Hall–Kier alpha value is -2.90. The van der Waals surface area contributed by atoms with Crippen molar-refractivity contribution in [2.24, 2.45) is 0 Å². The first-order chi connectivity index (χ1) is 13.9. The number of carbonyl (C=O) groups excluding carboxylic acids is 3. The van der Waals surface area contributed by atoms with Gasteiger partial charge in [0.2, 0.25) is 0 Å². The lowest BCUT2D eigenvalue weighted by molar-refractivity contribution is -0.862. The van der Waals surface area contributed by atoms with Crippen molar-refractivity contribution in [1.29, 1.82) is 0 Å². The summed E-state index contributed by atoms with van der Waals surface area (Å²) < 4.78 is 0. The van der Waals surface area contributed by atoms with Crippen molar-refractivity contribution in [1.82, 2.24) is 5.32 Å². The van der Waals surface area contributed by atoms with Gasteiger partial charge in [0.05, 0.1) is 29.0 Å². The minimum Gasteiger partial charge on any atom is -0.349 e. The highest BCUT2D eigenvalue weighted by Gasteiger charge is 2.25. The number of likely N-dealkylation sites (N-methyl/N-ethyl adjacent to an activating group) is 1. The van der Waals surface area contributed by atoms with Gasteiger partial charge in [0.1, 0.15) is 0 Å². The molecule has 1 aliphatic carbocycles. The lowest BCUT2D eigenvalue weighted by Crippen LogP contribution is -3.11. The third-order valence-electron chi connectivity index (χ3n) is 4.43. The fraction of sp³-hybridized carbons (Fsp3) is 0.286. The Bertz CT molecular complexity index is 914. The average Bonchev–Trinajstić information content (AvgIpc) is 3.47. The molecule has 0 radical (unpaired) electrons. The molecule has 0 aliphatic heterocycles. The number of nitrogens with one attached hydrogen (secondary N) is 4. The SMILES string of the molecule is C[NH+](CC(=O)Nc1ccccc1Cl)CC(=O)Nc1ccccc1C(=O)NC1CC1. The topological polar surface area (TPSA) is 91.7 Å². The third kappa shape index (κ3) is 6.30. The van der Waals surface area contributed by atoms with E-state index in [1.807, 2.05) is 0 Å². The van der Waals surface area contributed by atoms with Crippen molar-refractivity contribution < 1.29 is 19.3 Å². The number of rotatable bonds is 8. The molecule has 8 heteroatoms. The molecule has 1 unspecified atom stereocenters. The zero-order valence-electron chi connectivity index (χ0n) is 16.1. The van der Waals surface area contributed by atoms with Gasteiger partial charge in [-0.2, -0.15) is 0 Å². The number of anilines is 2. The molecule has 1 saturated carbocycles. The van der Waals surface area contributed by atoms with Gasteiger partial charge in [-0.25, -0.2) is 0 Å². The first-order valence-electron chi connectivity index (χ1n) is 9.48. The highest BCUT2D eigenvalue weighted by atomic mass is 35.5. The average molecular weight is 416 g/mol. The minimum absolute atomic E-state index is 0.0779. The zero-order chi connectivity index (χ0) is 20.8. The van der Waals surface area contributed by atoms with Crippen molar-refractivity contribution in [3.8, 4) is 0 Å². The van der Waals surface area contributed by atoms with E-state index in [2.05, 4.69) is 16.0 Å². The van der Waals surface area contributed by atoms with Gasteiger partial charge in [-0.05, 0) is 37.1 Å². The monoisotopic (exact) mass is 415 g/mol. The Kier molecular flexibility index (Phi) is 6.85. The maximum Gasteiger partial charge on any atom is 0.279 e. The summed E-state index contributed by atoms with van der Waals surface area (Å²) in [6.07, 6.45) is 1.98. The first-order valence-corrected chi connectivity index (χ1v) is 9.85. The first kappa shape index (κ1) is 20.8. The number of halogens is 1. The molecule has 0 aromatic heterocycles. The second-order valence-corrected chi connectivity index (χ2v) is 7.59. The van der Waals surface area contributed by atoms with Gasteiger partial charge < -0.3 is 20.9 Å². The number of hydrogen-bond donors (Lipinski definition) is 4. The fourth-order valence-electron chi connectivity index (χ4n) is 2.84. The second kappa shape index (κ2) is 9.54. The predicted molar refractivity (Wildman–Crippen MR) is 112 cm³/mol. The molecule has 3 amide bonds. The Balaban J connectivity index is 1.52. The van der Waals surface area contributed by atoms with Crippen LogP contribution in [0.2, 0.25) is 5.02 Å². The third-order valence-corrected chi connectivity index (χ3v) is 4.76. The quantitative estimate of drug-likeness (QED) is 0.524. The number of carbonyl (C=O) groups is 3. The number of hydrogen-bond acceptors (Lipinski definition) is 3. The van der Waals surface area contributed by atoms with Crippen LogP contribution >= 0.6 is 11.6 Å². The van der Waals surface area contributed by atoms with Crippen molar-refractivity contribution in [2.75, 3.05) is 30.8 Å². The van der Waals surface area contributed by atoms with Gasteiger partial charge in [-0.1, -0.05) is 35.9 Å². The summed E-state index contributed by atoms with van der Waals surface area (Å²) in [5.41, 5.74) is 1.43. The molecule has 7 nitrogen and oxygen atoms in total. The molecule has 152 valence electrons. The van der Waals surface area contributed by atoms with E-state index in [9.17, 15) is 14.4 Å². The number of benzene rings is 2. The van der Waals surface area contributed by atoms with Crippen LogP contribution in [-0.2, 0) is 9.59 Å². The van der Waals surface area contributed by atoms with Crippen molar-refractivity contribution in [2.45, 2.75) is 18.9 Å². The highest BCUT2D eigenvalue weighted by Crippen LogP contribution is 2.21. The summed E-state index contributed by atoms with van der Waals surface area (Å²) in [5.74, 6) is -0.712. The summed E-state index contributed by atoms with van der Waals surface area (Å²) in [6, 6.07) is 14.1. The molecule has 1 aliphatic rings. The van der Waals surface area contributed by atoms with E-state index in [1.165, 1.54) is 0 Å². The van der Waals surface area contributed by atoms with E-state index in [0.717, 1.165) is 12.8 Å². The molecule has 0 saturated heterocycles. The van der Waals surface area contributed by atoms with E-state index in [1.54, 1.807) is 55.6 Å². The van der Waals surface area contributed by atoms with E-state index in [0.29, 0.717) is 26.9 Å². The predicted octanol–water partition coefficient (Wildman–Crippen LogP) is 1.32. The van der Waals surface area contributed by atoms with Crippen LogP contribution in [0.15, 0.2) is 48.5 Å². The maximum atomic E-state index is 12.4. The summed E-state index contributed by atoms with van der Waals surface area (Å²) in [5, 5.41) is 8.89. The summed E-state index contributed by atoms with van der Waals surface area (Å²) in [7, 11) is 1.75. The smallest absolute Gasteiger partial charge is 0.279 e. The molecule has 2 aromatic rings. The van der Waals surface area contributed by atoms with Crippen molar-refractivity contribution in [3.05, 3.63) is 59.1 Å². The lowest BCUT2D eigenvalue weighted by Gasteiger charge is -2.15. The molecule has 4 N–H and O–H groups in total. The van der Waals surface area contributed by atoms with Crippen LogP contribution in [-0.4, -0.2) is 43.9 Å². The van der Waals surface area contributed by atoms with E-state index in [4.69, 9.17) is 11.6 Å². The van der Waals surface area contributed by atoms with Crippen LogP contribution in [0.1, 0.15) is 23.2 Å². The molecule has 1 fully saturated rings. The Morgan fingerprint density at radius 1 is 0.931 bits per heavy atom. The largest absolute Gasteiger partial charge is 0.349 e. The van der Waals surface area contributed by atoms with E-state index >= 15 is 0 Å². The Labute approximate surface area is 174 Å². The summed E-state index contributed by atoms with van der Waals surface area (Å²) in [4.78, 5) is 37.6. The standard InChI is InChI=1S/C21H23ClN4O3/c1-26(13-20(28)25-18-9-5-3-7-16(18)22)12-19(27)24-17-8-4-2-6-15(17)21(29)23-14-10-11-14/h2-9,14H,10-13H2,1H3,(H,23,29)(H,24,27)(H,25,28)/p+1. The van der Waals surface area contributed by atoms with Crippen molar-refractivity contribution in [3.63, 3.8) is 0 Å². The second-order valence-electron chi connectivity index (χ2n) is 7.18. The van der Waals surface area contributed by atoms with Gasteiger partial charge in [0, 0.05) is 6.04 Å². The van der Waals surface area contributed by atoms with Gasteiger partial charge in [0.25, 0.3) is 17.7 Å².